The van der Waals surface area contributed by atoms with Crippen molar-refractivity contribution in [3.8, 4) is 11.5 Å². The highest BCUT2D eigenvalue weighted by molar-refractivity contribution is 5.70. The van der Waals surface area contributed by atoms with Gasteiger partial charge in [0.05, 0.1) is 25.5 Å². The molecule has 2 heterocycles. The molecule has 21 heavy (non-hydrogen) atoms. The second kappa shape index (κ2) is 7.08. The lowest BCUT2D eigenvalue weighted by atomic mass is 9.94. The summed E-state index contributed by atoms with van der Waals surface area (Å²) in [7, 11) is 3.00. The van der Waals surface area contributed by atoms with Crippen LogP contribution in [0.1, 0.15) is 30.0 Å². The third-order valence-electron chi connectivity index (χ3n) is 3.40. The second-order valence-electron chi connectivity index (χ2n) is 4.76. The largest absolute Gasteiger partial charge is 0.469 e. The van der Waals surface area contributed by atoms with E-state index < -0.39 is 0 Å². The molecular formula is C15H19NO5. The van der Waals surface area contributed by atoms with Gasteiger partial charge in [0.25, 0.3) is 0 Å². The van der Waals surface area contributed by atoms with Crippen LogP contribution in [0.25, 0.3) is 11.5 Å². The number of carbonyl (C=O) groups excluding carboxylic acids is 1. The van der Waals surface area contributed by atoms with E-state index in [9.17, 15) is 4.79 Å². The van der Waals surface area contributed by atoms with Crippen molar-refractivity contribution in [1.82, 2.24) is 5.16 Å². The highest BCUT2D eigenvalue weighted by atomic mass is 16.5. The molecule has 2 aromatic heterocycles. The zero-order chi connectivity index (χ0) is 15.2. The molecule has 2 aromatic rings. The van der Waals surface area contributed by atoms with E-state index in [2.05, 4.69) is 5.16 Å². The number of esters is 1. The van der Waals surface area contributed by atoms with Crippen molar-refractivity contribution in [1.29, 1.82) is 0 Å². The van der Waals surface area contributed by atoms with Crippen LogP contribution in [0, 0.1) is 6.92 Å². The number of hydrogen-bond acceptors (Lipinski definition) is 6. The SMILES string of the molecule is COCCC(CC(=O)OC)c1noc(-c2ccco2)c1C. The first-order chi connectivity index (χ1) is 10.2. The first-order valence-electron chi connectivity index (χ1n) is 6.73. The molecule has 1 atom stereocenters. The maximum atomic E-state index is 11.6. The molecule has 0 spiro atoms. The number of rotatable bonds is 7. The Morgan fingerprint density at radius 2 is 2.24 bits per heavy atom. The summed E-state index contributed by atoms with van der Waals surface area (Å²) in [4.78, 5) is 11.6. The van der Waals surface area contributed by atoms with Crippen LogP contribution in [0.5, 0.6) is 0 Å². The van der Waals surface area contributed by atoms with Crippen molar-refractivity contribution in [2.24, 2.45) is 0 Å². The minimum atomic E-state index is -0.280. The summed E-state index contributed by atoms with van der Waals surface area (Å²) in [6, 6.07) is 3.59. The molecule has 0 radical (unpaired) electrons. The second-order valence-corrected chi connectivity index (χ2v) is 4.76. The number of ether oxygens (including phenoxy) is 2. The molecule has 0 saturated carbocycles. The van der Waals surface area contributed by atoms with Gasteiger partial charge in [-0.3, -0.25) is 4.79 Å². The van der Waals surface area contributed by atoms with E-state index in [1.807, 2.05) is 13.0 Å². The molecule has 114 valence electrons. The van der Waals surface area contributed by atoms with E-state index >= 15 is 0 Å². The van der Waals surface area contributed by atoms with E-state index in [1.165, 1.54) is 7.11 Å². The van der Waals surface area contributed by atoms with Crippen LogP contribution in [0.2, 0.25) is 0 Å². The van der Waals surface area contributed by atoms with Gasteiger partial charge in [-0.05, 0) is 25.5 Å². The average molecular weight is 293 g/mol. The van der Waals surface area contributed by atoms with Gasteiger partial charge in [-0.1, -0.05) is 5.16 Å². The number of aromatic nitrogens is 1. The zero-order valence-electron chi connectivity index (χ0n) is 12.4. The summed E-state index contributed by atoms with van der Waals surface area (Å²) in [5.74, 6) is 0.819. The molecule has 0 amide bonds. The summed E-state index contributed by atoms with van der Waals surface area (Å²) in [6.45, 7) is 2.44. The molecule has 6 heteroatoms. The lowest BCUT2D eigenvalue weighted by Gasteiger charge is -2.13. The van der Waals surface area contributed by atoms with E-state index in [0.717, 1.165) is 11.3 Å². The Hall–Kier alpha value is -2.08. The van der Waals surface area contributed by atoms with Crippen LogP contribution < -0.4 is 0 Å². The standard InChI is InChI=1S/C15H19NO5/c1-10-14(11(6-8-18-2)9-13(17)19-3)16-21-15(10)12-5-4-7-20-12/h4-5,7,11H,6,8-9H2,1-3H3. The van der Waals surface area contributed by atoms with Crippen LogP contribution in [0.3, 0.4) is 0 Å². The van der Waals surface area contributed by atoms with Gasteiger partial charge < -0.3 is 18.4 Å². The molecular weight excluding hydrogens is 274 g/mol. The van der Waals surface area contributed by atoms with Crippen molar-refractivity contribution < 1.29 is 23.2 Å². The normalized spacial score (nSPS) is 12.3. The lowest BCUT2D eigenvalue weighted by molar-refractivity contribution is -0.141. The summed E-state index contributed by atoms with van der Waals surface area (Å²) in [5, 5.41) is 4.11. The smallest absolute Gasteiger partial charge is 0.306 e. The Labute approximate surface area is 123 Å². The predicted molar refractivity (Wildman–Crippen MR) is 74.8 cm³/mol. The Bertz CT molecular complexity index is 573. The summed E-state index contributed by atoms with van der Waals surface area (Å²) in [5.41, 5.74) is 1.61. The fourth-order valence-corrected chi connectivity index (χ4v) is 2.25. The molecule has 0 aliphatic heterocycles. The van der Waals surface area contributed by atoms with Gasteiger partial charge in [-0.15, -0.1) is 0 Å². The Kier molecular flexibility index (Phi) is 5.16. The van der Waals surface area contributed by atoms with Crippen molar-refractivity contribution >= 4 is 5.97 Å². The third-order valence-corrected chi connectivity index (χ3v) is 3.40. The summed E-state index contributed by atoms with van der Waals surface area (Å²) < 4.78 is 20.5. The van der Waals surface area contributed by atoms with Crippen molar-refractivity contribution in [3.05, 3.63) is 29.7 Å². The van der Waals surface area contributed by atoms with Gasteiger partial charge in [-0.2, -0.15) is 0 Å². The lowest BCUT2D eigenvalue weighted by Crippen LogP contribution is -2.12. The Balaban J connectivity index is 2.25. The van der Waals surface area contributed by atoms with Crippen LogP contribution in [-0.4, -0.2) is 32.0 Å². The number of furan rings is 1. The fraction of sp³-hybridized carbons (Fsp3) is 0.467. The van der Waals surface area contributed by atoms with E-state index in [4.69, 9.17) is 18.4 Å². The Morgan fingerprint density at radius 3 is 2.86 bits per heavy atom. The summed E-state index contributed by atoms with van der Waals surface area (Å²) >= 11 is 0. The minimum absolute atomic E-state index is 0.107. The molecule has 0 N–H and O–H groups in total. The van der Waals surface area contributed by atoms with Crippen LogP contribution in [-0.2, 0) is 14.3 Å². The maximum absolute atomic E-state index is 11.6. The van der Waals surface area contributed by atoms with Crippen molar-refractivity contribution in [3.63, 3.8) is 0 Å². The predicted octanol–water partition coefficient (Wildman–Crippen LogP) is 2.93. The molecule has 0 aromatic carbocycles. The molecule has 0 aliphatic carbocycles. The minimum Gasteiger partial charge on any atom is -0.469 e. The van der Waals surface area contributed by atoms with Crippen molar-refractivity contribution in [2.75, 3.05) is 20.8 Å². The molecule has 0 fully saturated rings. The van der Waals surface area contributed by atoms with Crippen LogP contribution in [0.4, 0.5) is 0 Å². The van der Waals surface area contributed by atoms with Gasteiger partial charge in [0.1, 0.15) is 0 Å². The van der Waals surface area contributed by atoms with Gasteiger partial charge >= 0.3 is 5.97 Å². The topological polar surface area (TPSA) is 74.7 Å². The van der Waals surface area contributed by atoms with Gasteiger partial charge in [0.15, 0.2) is 5.76 Å². The third kappa shape index (κ3) is 3.52. The van der Waals surface area contributed by atoms with Gasteiger partial charge in [0, 0.05) is 25.2 Å². The first kappa shape index (κ1) is 15.3. The van der Waals surface area contributed by atoms with E-state index in [0.29, 0.717) is 24.5 Å². The highest BCUT2D eigenvalue weighted by Crippen LogP contribution is 2.32. The van der Waals surface area contributed by atoms with Crippen molar-refractivity contribution in [2.45, 2.75) is 25.7 Å². The first-order valence-corrected chi connectivity index (χ1v) is 6.73. The van der Waals surface area contributed by atoms with E-state index in [-0.39, 0.29) is 18.3 Å². The van der Waals surface area contributed by atoms with Gasteiger partial charge in [-0.25, -0.2) is 0 Å². The number of carbonyl (C=O) groups is 1. The average Bonchev–Trinajstić information content (AvgIpc) is 3.12. The molecule has 2 rings (SSSR count). The number of hydrogen-bond donors (Lipinski definition) is 0. The zero-order valence-corrected chi connectivity index (χ0v) is 12.4. The number of methoxy groups -OCH3 is 2. The molecule has 6 nitrogen and oxygen atoms in total. The maximum Gasteiger partial charge on any atom is 0.306 e. The van der Waals surface area contributed by atoms with Crippen LogP contribution in [0.15, 0.2) is 27.3 Å². The van der Waals surface area contributed by atoms with E-state index in [1.54, 1.807) is 19.4 Å². The monoisotopic (exact) mass is 293 g/mol. The number of nitrogens with zero attached hydrogens (tertiary/aromatic N) is 1. The highest BCUT2D eigenvalue weighted by Gasteiger charge is 2.25. The summed E-state index contributed by atoms with van der Waals surface area (Å²) in [6.07, 6.45) is 2.48. The van der Waals surface area contributed by atoms with Gasteiger partial charge in [0.2, 0.25) is 5.76 Å². The molecule has 0 bridgehead atoms. The quantitative estimate of drug-likeness (QED) is 0.731. The molecule has 1 unspecified atom stereocenters. The molecule has 0 saturated heterocycles. The molecule has 0 aliphatic rings. The fourth-order valence-electron chi connectivity index (χ4n) is 2.25. The Morgan fingerprint density at radius 1 is 1.43 bits per heavy atom. The van der Waals surface area contributed by atoms with Crippen LogP contribution >= 0.6 is 0 Å².